The van der Waals surface area contributed by atoms with Crippen molar-refractivity contribution in [2.75, 3.05) is 5.32 Å². The number of nitrogens with one attached hydrogen (secondary N) is 1. The normalized spacial score (nSPS) is 16.0. The van der Waals surface area contributed by atoms with Gasteiger partial charge in [-0.2, -0.15) is 10.1 Å². The molecule has 2 aromatic carbocycles. The summed E-state index contributed by atoms with van der Waals surface area (Å²) in [5, 5.41) is 7.18. The molecule has 2 heterocycles. The van der Waals surface area contributed by atoms with Gasteiger partial charge in [0.25, 0.3) is 0 Å². The zero-order valence-electron chi connectivity index (χ0n) is 13.8. The lowest BCUT2D eigenvalue weighted by atomic mass is 10.0. The van der Waals surface area contributed by atoms with E-state index in [0.717, 1.165) is 5.56 Å². The number of rotatable bonds is 4. The predicted octanol–water partition coefficient (Wildman–Crippen LogP) is 4.34. The van der Waals surface area contributed by atoms with Gasteiger partial charge in [0.15, 0.2) is 0 Å². The molecule has 0 fully saturated rings. The average Bonchev–Trinajstić information content (AvgIpc) is 3.10. The first kappa shape index (κ1) is 17.9. The summed E-state index contributed by atoms with van der Waals surface area (Å²) in [5.41, 5.74) is 1.17. The number of halogens is 3. The fourth-order valence-electron chi connectivity index (χ4n) is 2.93. The molecule has 0 saturated heterocycles. The highest BCUT2D eigenvalue weighted by Gasteiger charge is 2.28. The van der Waals surface area contributed by atoms with Crippen LogP contribution in [0.1, 0.15) is 23.6 Å². The molecule has 9 heteroatoms. The van der Waals surface area contributed by atoms with Gasteiger partial charge >= 0.3 is 0 Å². The Kier molecular flexibility index (Phi) is 4.84. The number of aromatic nitrogens is 3. The van der Waals surface area contributed by atoms with Gasteiger partial charge in [-0.3, -0.25) is 10.1 Å². The molecular weight excluding hydrogens is 439 g/mol. The maximum Gasteiger partial charge on any atom is 0.229 e. The molecule has 1 aromatic heterocycles. The van der Waals surface area contributed by atoms with E-state index in [1.165, 1.54) is 12.4 Å². The second-order valence-electron chi connectivity index (χ2n) is 5.98. The van der Waals surface area contributed by atoms with Gasteiger partial charge in [0.05, 0.1) is 22.0 Å². The van der Waals surface area contributed by atoms with Gasteiger partial charge in [-0.05, 0) is 45.8 Å². The summed E-state index contributed by atoms with van der Waals surface area (Å²) >= 11 is 9.50. The van der Waals surface area contributed by atoms with Crippen molar-refractivity contribution >= 4 is 39.4 Å². The summed E-state index contributed by atoms with van der Waals surface area (Å²) in [6.07, 6.45) is 1.66. The molecule has 4 rings (SSSR count). The van der Waals surface area contributed by atoms with E-state index < -0.39 is 5.82 Å². The predicted molar refractivity (Wildman–Crippen MR) is 101 cm³/mol. The number of hydrogen-bond acceptors (Lipinski definition) is 4. The topological polar surface area (TPSA) is 69.0 Å². The fourth-order valence-corrected chi connectivity index (χ4v) is 3.65. The molecule has 138 valence electrons. The molecule has 0 aliphatic carbocycles. The van der Waals surface area contributed by atoms with E-state index in [2.05, 4.69) is 31.3 Å². The minimum Gasteiger partial charge on any atom is -0.488 e. The minimum atomic E-state index is -0.415. The van der Waals surface area contributed by atoms with E-state index in [0.29, 0.717) is 26.8 Å². The van der Waals surface area contributed by atoms with E-state index >= 15 is 0 Å². The van der Waals surface area contributed by atoms with Crippen LogP contribution in [0.25, 0.3) is 0 Å². The monoisotopic (exact) mass is 450 g/mol. The van der Waals surface area contributed by atoms with Gasteiger partial charge in [-0.25, -0.2) is 9.07 Å². The van der Waals surface area contributed by atoms with Gasteiger partial charge in [0.1, 0.15) is 24.5 Å². The second-order valence-corrected chi connectivity index (χ2v) is 7.24. The maximum atomic E-state index is 13.9. The quantitative estimate of drug-likeness (QED) is 0.640. The third kappa shape index (κ3) is 3.54. The summed E-state index contributed by atoms with van der Waals surface area (Å²) in [5.74, 6) is 0.423. The van der Waals surface area contributed by atoms with Crippen molar-refractivity contribution in [3.63, 3.8) is 0 Å². The van der Waals surface area contributed by atoms with Crippen LogP contribution >= 0.6 is 27.5 Å². The number of carbonyl (C=O) groups is 1. The maximum absolute atomic E-state index is 13.9. The Labute approximate surface area is 167 Å². The number of anilines is 1. The first-order valence-electron chi connectivity index (χ1n) is 8.07. The van der Waals surface area contributed by atoms with Crippen molar-refractivity contribution in [3.8, 4) is 5.75 Å². The van der Waals surface area contributed by atoms with Crippen LogP contribution in [0.15, 0.2) is 47.2 Å². The molecule has 1 atom stereocenters. The van der Waals surface area contributed by atoms with E-state index in [-0.39, 0.29) is 25.0 Å². The number of nitrogens with zero attached hydrogens (tertiary/aromatic N) is 3. The van der Waals surface area contributed by atoms with E-state index in [4.69, 9.17) is 16.3 Å². The Morgan fingerprint density at radius 1 is 1.37 bits per heavy atom. The standard InChI is InChI=1S/C18H13BrClFN4O2/c19-12-6-10(15-7-17(26)24-18-22-9-23-25(15)18)4-5-16(12)27-8-11-13(20)2-1-3-14(11)21/h1-6,9,15H,7-8H2,(H,22,23,24,26)/t15-/m0/s1. The first-order chi connectivity index (χ1) is 13.0. The van der Waals surface area contributed by atoms with E-state index in [9.17, 15) is 9.18 Å². The number of ether oxygens (including phenoxy) is 1. The van der Waals surface area contributed by atoms with E-state index in [1.807, 2.05) is 12.1 Å². The molecule has 3 aromatic rings. The molecule has 0 radical (unpaired) electrons. The summed E-state index contributed by atoms with van der Waals surface area (Å²) < 4.78 is 21.9. The molecule has 1 aliphatic rings. The minimum absolute atomic E-state index is 0.00249. The van der Waals surface area contributed by atoms with Crippen molar-refractivity contribution in [2.45, 2.75) is 19.1 Å². The van der Waals surface area contributed by atoms with Crippen LogP contribution < -0.4 is 10.1 Å². The van der Waals surface area contributed by atoms with Crippen molar-refractivity contribution in [1.82, 2.24) is 14.8 Å². The van der Waals surface area contributed by atoms with Crippen molar-refractivity contribution < 1.29 is 13.9 Å². The lowest BCUT2D eigenvalue weighted by molar-refractivity contribution is -0.117. The molecule has 6 nitrogen and oxygen atoms in total. The zero-order chi connectivity index (χ0) is 19.0. The summed E-state index contributed by atoms with van der Waals surface area (Å²) in [7, 11) is 0. The van der Waals surface area contributed by atoms with E-state index in [1.54, 1.807) is 22.9 Å². The molecule has 1 amide bonds. The number of fused-ring (bicyclic) bond motifs is 1. The van der Waals surface area contributed by atoms with Crippen LogP contribution in [0.2, 0.25) is 5.02 Å². The van der Waals surface area contributed by atoms with Crippen LogP contribution in [0.3, 0.4) is 0 Å². The number of benzene rings is 2. The molecule has 0 unspecified atom stereocenters. The Balaban J connectivity index is 1.56. The first-order valence-corrected chi connectivity index (χ1v) is 9.24. The van der Waals surface area contributed by atoms with Crippen LogP contribution in [0.4, 0.5) is 10.3 Å². The summed E-state index contributed by atoms with van der Waals surface area (Å²) in [6, 6.07) is 9.70. The third-order valence-corrected chi connectivity index (χ3v) is 5.25. The molecule has 0 bridgehead atoms. The second kappa shape index (κ2) is 7.28. The molecule has 27 heavy (non-hydrogen) atoms. The zero-order valence-corrected chi connectivity index (χ0v) is 16.2. The Morgan fingerprint density at radius 3 is 3.00 bits per heavy atom. The Hall–Kier alpha value is -2.45. The van der Waals surface area contributed by atoms with Crippen molar-refractivity contribution in [2.24, 2.45) is 0 Å². The van der Waals surface area contributed by atoms with Crippen molar-refractivity contribution in [1.29, 1.82) is 0 Å². The highest BCUT2D eigenvalue weighted by Crippen LogP contribution is 2.34. The van der Waals surface area contributed by atoms with Crippen LogP contribution in [0.5, 0.6) is 5.75 Å². The lowest BCUT2D eigenvalue weighted by Gasteiger charge is -2.24. The fraction of sp³-hybridized carbons (Fsp3) is 0.167. The Bertz CT molecular complexity index is 1010. The lowest BCUT2D eigenvalue weighted by Crippen LogP contribution is -2.29. The van der Waals surface area contributed by atoms with Gasteiger partial charge < -0.3 is 4.74 Å². The SMILES string of the molecule is O=C1C[C@@H](c2ccc(OCc3c(F)cccc3Cl)c(Br)c2)n2ncnc2N1. The molecule has 1 aliphatic heterocycles. The highest BCUT2D eigenvalue weighted by atomic mass is 79.9. The third-order valence-electron chi connectivity index (χ3n) is 4.27. The van der Waals surface area contributed by atoms with Crippen molar-refractivity contribution in [3.05, 3.63) is 69.2 Å². The molecule has 0 spiro atoms. The number of carbonyl (C=O) groups excluding carboxylic acids is 1. The molecular formula is C18H13BrClFN4O2. The number of amides is 1. The summed E-state index contributed by atoms with van der Waals surface area (Å²) in [6.45, 7) is 0.00249. The molecule has 0 saturated carbocycles. The van der Waals surface area contributed by atoms with Gasteiger partial charge in [-0.1, -0.05) is 23.7 Å². The Morgan fingerprint density at radius 2 is 2.22 bits per heavy atom. The molecule has 1 N–H and O–H groups in total. The number of hydrogen-bond donors (Lipinski definition) is 1. The van der Waals surface area contributed by atoms with Gasteiger partial charge in [0, 0.05) is 5.56 Å². The van der Waals surface area contributed by atoms with Gasteiger partial charge in [0.2, 0.25) is 11.9 Å². The largest absolute Gasteiger partial charge is 0.488 e. The van der Waals surface area contributed by atoms with Crippen LogP contribution in [0, 0.1) is 5.82 Å². The smallest absolute Gasteiger partial charge is 0.229 e. The summed E-state index contributed by atoms with van der Waals surface area (Å²) in [4.78, 5) is 15.9. The van der Waals surface area contributed by atoms with Gasteiger partial charge in [-0.15, -0.1) is 0 Å². The van der Waals surface area contributed by atoms with Crippen LogP contribution in [-0.2, 0) is 11.4 Å². The van der Waals surface area contributed by atoms with Crippen LogP contribution in [-0.4, -0.2) is 20.7 Å². The average molecular weight is 452 g/mol. The highest BCUT2D eigenvalue weighted by molar-refractivity contribution is 9.10.